The van der Waals surface area contributed by atoms with Crippen LogP contribution >= 0.6 is 22.9 Å². The number of hydrogen-bond acceptors (Lipinski definition) is 5. The second-order valence-electron chi connectivity index (χ2n) is 5.26. The molecule has 3 heterocycles. The number of fused-ring (bicyclic) bond motifs is 1. The van der Waals surface area contributed by atoms with E-state index in [1.165, 1.54) is 4.88 Å². The van der Waals surface area contributed by atoms with Gasteiger partial charge in [-0.05, 0) is 37.9 Å². The molecule has 1 aliphatic heterocycles. The second-order valence-corrected chi connectivity index (χ2v) is 6.72. The zero-order valence-electron chi connectivity index (χ0n) is 11.9. The van der Waals surface area contributed by atoms with Crippen LogP contribution in [0.3, 0.4) is 0 Å². The van der Waals surface area contributed by atoms with Gasteiger partial charge in [0.25, 0.3) is 0 Å². The number of ether oxygens (including phenoxy) is 1. The lowest BCUT2D eigenvalue weighted by Crippen LogP contribution is -2.45. The first-order valence-electron chi connectivity index (χ1n) is 6.93. The van der Waals surface area contributed by atoms with Crippen LogP contribution in [0.4, 0.5) is 5.82 Å². The Bertz CT molecular complexity index is 620. The molecule has 0 bridgehead atoms. The van der Waals surface area contributed by atoms with Gasteiger partial charge in [-0.25, -0.2) is 4.98 Å². The largest absolute Gasteiger partial charge is 0.372 e. The van der Waals surface area contributed by atoms with Crippen LogP contribution in [-0.2, 0) is 11.2 Å². The monoisotopic (exact) mass is 311 g/mol. The van der Waals surface area contributed by atoms with Crippen molar-refractivity contribution in [3.05, 3.63) is 16.2 Å². The van der Waals surface area contributed by atoms with Gasteiger partial charge in [-0.15, -0.1) is 11.3 Å². The number of anilines is 1. The van der Waals surface area contributed by atoms with Gasteiger partial charge >= 0.3 is 0 Å². The van der Waals surface area contributed by atoms with E-state index < -0.39 is 0 Å². The van der Waals surface area contributed by atoms with E-state index in [2.05, 4.69) is 41.7 Å². The highest BCUT2D eigenvalue weighted by atomic mass is 35.5. The predicted molar refractivity (Wildman–Crippen MR) is 84.0 cm³/mol. The molecule has 0 aromatic carbocycles. The van der Waals surface area contributed by atoms with E-state index >= 15 is 0 Å². The van der Waals surface area contributed by atoms with Crippen molar-refractivity contribution in [2.75, 3.05) is 18.0 Å². The lowest BCUT2D eigenvalue weighted by molar-refractivity contribution is -0.00537. The highest BCUT2D eigenvalue weighted by Gasteiger charge is 2.25. The molecule has 0 aliphatic carbocycles. The van der Waals surface area contributed by atoms with E-state index in [0.717, 1.165) is 35.5 Å². The van der Waals surface area contributed by atoms with Gasteiger partial charge in [0.05, 0.1) is 17.6 Å². The summed E-state index contributed by atoms with van der Waals surface area (Å²) in [4.78, 5) is 13.4. The highest BCUT2D eigenvalue weighted by Crippen LogP contribution is 2.33. The number of aromatic nitrogens is 2. The van der Waals surface area contributed by atoms with E-state index in [1.807, 2.05) is 0 Å². The van der Waals surface area contributed by atoms with Crippen molar-refractivity contribution >= 4 is 39.0 Å². The Hall–Kier alpha value is -0.910. The van der Waals surface area contributed by atoms with Gasteiger partial charge in [0.15, 0.2) is 0 Å². The number of halogens is 1. The molecule has 1 fully saturated rings. The lowest BCUT2D eigenvalue weighted by Gasteiger charge is -2.36. The fraction of sp³-hybridized carbons (Fsp3) is 0.571. The maximum atomic E-state index is 6.09. The molecule has 1 saturated heterocycles. The Labute approximate surface area is 127 Å². The fourth-order valence-corrected chi connectivity index (χ4v) is 3.87. The number of aryl methyl sites for hydroxylation is 1. The van der Waals surface area contributed by atoms with Crippen molar-refractivity contribution in [2.24, 2.45) is 0 Å². The van der Waals surface area contributed by atoms with Crippen molar-refractivity contribution in [3.63, 3.8) is 0 Å². The standard InChI is InChI=1S/C14H18ClN3OS/c1-4-10-5-11-12(16-14(15)17-13(11)20-10)18-6-8(2)19-9(3)7-18/h5,8-9H,4,6-7H2,1-3H3. The summed E-state index contributed by atoms with van der Waals surface area (Å²) in [5.74, 6) is 0.943. The smallest absolute Gasteiger partial charge is 0.225 e. The third-order valence-corrected chi connectivity index (χ3v) is 4.81. The summed E-state index contributed by atoms with van der Waals surface area (Å²) in [7, 11) is 0. The Morgan fingerprint density at radius 1 is 1.35 bits per heavy atom. The molecule has 2 atom stereocenters. The van der Waals surface area contributed by atoms with Crippen molar-refractivity contribution in [3.8, 4) is 0 Å². The molecule has 1 aliphatic rings. The minimum Gasteiger partial charge on any atom is -0.372 e. The number of thiophene rings is 1. The maximum Gasteiger partial charge on any atom is 0.225 e. The molecule has 6 heteroatoms. The summed E-state index contributed by atoms with van der Waals surface area (Å²) >= 11 is 7.79. The van der Waals surface area contributed by atoms with Crippen molar-refractivity contribution in [1.29, 1.82) is 0 Å². The first-order chi connectivity index (χ1) is 9.56. The van der Waals surface area contributed by atoms with Crippen molar-refractivity contribution in [1.82, 2.24) is 9.97 Å². The topological polar surface area (TPSA) is 38.2 Å². The summed E-state index contributed by atoms with van der Waals surface area (Å²) in [6.07, 6.45) is 1.41. The number of nitrogens with zero attached hydrogens (tertiary/aromatic N) is 3. The zero-order valence-corrected chi connectivity index (χ0v) is 13.5. The molecule has 2 aromatic rings. The van der Waals surface area contributed by atoms with Crippen LogP contribution < -0.4 is 4.90 Å². The minimum atomic E-state index is 0.201. The third-order valence-electron chi connectivity index (χ3n) is 3.46. The molecule has 4 nitrogen and oxygen atoms in total. The van der Waals surface area contributed by atoms with Crippen LogP contribution in [0.2, 0.25) is 5.28 Å². The van der Waals surface area contributed by atoms with Gasteiger partial charge in [0, 0.05) is 18.0 Å². The summed E-state index contributed by atoms with van der Waals surface area (Å²) < 4.78 is 5.79. The van der Waals surface area contributed by atoms with Gasteiger partial charge in [0.2, 0.25) is 5.28 Å². The zero-order chi connectivity index (χ0) is 14.3. The average molecular weight is 312 g/mol. The van der Waals surface area contributed by atoms with Crippen LogP contribution in [0.5, 0.6) is 0 Å². The Balaban J connectivity index is 2.07. The Morgan fingerprint density at radius 2 is 2.05 bits per heavy atom. The van der Waals surface area contributed by atoms with E-state index in [1.54, 1.807) is 11.3 Å². The van der Waals surface area contributed by atoms with Crippen LogP contribution in [0.15, 0.2) is 6.07 Å². The van der Waals surface area contributed by atoms with Gasteiger partial charge in [0.1, 0.15) is 10.6 Å². The SMILES string of the molecule is CCc1cc2c(N3CC(C)OC(C)C3)nc(Cl)nc2s1. The van der Waals surface area contributed by atoms with E-state index in [-0.39, 0.29) is 12.2 Å². The number of morpholine rings is 1. The normalized spacial score (nSPS) is 23.5. The third kappa shape index (κ3) is 2.62. The molecule has 0 spiro atoms. The Morgan fingerprint density at radius 3 is 2.70 bits per heavy atom. The van der Waals surface area contributed by atoms with Crippen LogP contribution in [-0.4, -0.2) is 35.3 Å². The Kier molecular flexibility index (Phi) is 3.84. The van der Waals surface area contributed by atoms with Crippen LogP contribution in [0.1, 0.15) is 25.6 Å². The van der Waals surface area contributed by atoms with E-state index in [0.29, 0.717) is 5.28 Å². The molecule has 0 N–H and O–H groups in total. The minimum absolute atomic E-state index is 0.201. The molecule has 2 aromatic heterocycles. The molecule has 2 unspecified atom stereocenters. The molecular formula is C14H18ClN3OS. The molecular weight excluding hydrogens is 294 g/mol. The summed E-state index contributed by atoms with van der Waals surface area (Å²) in [5, 5.41) is 1.43. The van der Waals surface area contributed by atoms with E-state index in [9.17, 15) is 0 Å². The summed E-state index contributed by atoms with van der Waals surface area (Å²) in [6, 6.07) is 2.19. The molecule has 3 rings (SSSR count). The molecule has 20 heavy (non-hydrogen) atoms. The summed E-state index contributed by atoms with van der Waals surface area (Å²) in [6.45, 7) is 8.01. The van der Waals surface area contributed by atoms with E-state index in [4.69, 9.17) is 16.3 Å². The fourth-order valence-electron chi connectivity index (χ4n) is 2.70. The quantitative estimate of drug-likeness (QED) is 0.795. The first kappa shape index (κ1) is 14.0. The lowest BCUT2D eigenvalue weighted by atomic mass is 10.2. The van der Waals surface area contributed by atoms with Gasteiger partial charge < -0.3 is 9.64 Å². The van der Waals surface area contributed by atoms with Crippen molar-refractivity contribution < 1.29 is 4.74 Å². The van der Waals surface area contributed by atoms with Gasteiger partial charge in [-0.3, -0.25) is 0 Å². The van der Waals surface area contributed by atoms with Crippen LogP contribution in [0.25, 0.3) is 10.2 Å². The number of hydrogen-bond donors (Lipinski definition) is 0. The highest BCUT2D eigenvalue weighted by molar-refractivity contribution is 7.18. The van der Waals surface area contributed by atoms with Gasteiger partial charge in [-0.2, -0.15) is 4.98 Å². The maximum absolute atomic E-state index is 6.09. The molecule has 0 amide bonds. The van der Waals surface area contributed by atoms with Crippen molar-refractivity contribution in [2.45, 2.75) is 39.4 Å². The average Bonchev–Trinajstić information content (AvgIpc) is 2.79. The van der Waals surface area contributed by atoms with Crippen LogP contribution in [0, 0.1) is 0 Å². The molecule has 0 saturated carbocycles. The first-order valence-corrected chi connectivity index (χ1v) is 8.12. The second kappa shape index (κ2) is 5.47. The van der Waals surface area contributed by atoms with Gasteiger partial charge in [-0.1, -0.05) is 6.92 Å². The molecule has 108 valence electrons. The number of rotatable bonds is 2. The summed E-state index contributed by atoms with van der Waals surface area (Å²) in [5.41, 5.74) is 0. The molecule has 0 radical (unpaired) electrons. The predicted octanol–water partition coefficient (Wildman–Crippen LogP) is 3.52.